The number of rotatable bonds is 1. The molecule has 0 aromatic heterocycles. The first-order valence-corrected chi connectivity index (χ1v) is 6.70. The molecule has 18 heavy (non-hydrogen) atoms. The van der Waals surface area contributed by atoms with Gasteiger partial charge in [-0.2, -0.15) is 5.26 Å². The molecule has 0 radical (unpaired) electrons. The molecule has 0 bridgehead atoms. The Balaban J connectivity index is 1.90. The van der Waals surface area contributed by atoms with Crippen molar-refractivity contribution in [2.75, 3.05) is 18.0 Å². The molecular weight excluding hydrogens is 248 g/mol. The molecule has 1 N–H and O–H groups in total. The lowest BCUT2D eigenvalue weighted by molar-refractivity contribution is 0.133. The highest BCUT2D eigenvalue weighted by atomic mass is 35.5. The molecule has 1 aromatic rings. The number of fused-ring (bicyclic) bond motifs is 1. The molecule has 3 rings (SSSR count). The van der Waals surface area contributed by atoms with E-state index in [1.807, 2.05) is 12.1 Å². The van der Waals surface area contributed by atoms with Crippen LogP contribution in [0.2, 0.25) is 5.02 Å². The maximum absolute atomic E-state index is 9.93. The number of aliphatic hydroxyl groups excluding tert-OH is 1. The van der Waals surface area contributed by atoms with E-state index < -0.39 is 0 Å². The van der Waals surface area contributed by atoms with Crippen molar-refractivity contribution in [3.8, 4) is 6.07 Å². The third-order valence-electron chi connectivity index (χ3n) is 4.26. The van der Waals surface area contributed by atoms with Crippen LogP contribution in [0.25, 0.3) is 0 Å². The molecule has 1 saturated carbocycles. The Kier molecular flexibility index (Phi) is 2.93. The molecule has 2 aliphatic rings. The van der Waals surface area contributed by atoms with Crippen molar-refractivity contribution in [2.24, 2.45) is 11.8 Å². The highest BCUT2D eigenvalue weighted by molar-refractivity contribution is 6.32. The smallest absolute Gasteiger partial charge is 0.103 e. The van der Waals surface area contributed by atoms with Crippen molar-refractivity contribution >= 4 is 17.3 Å². The monoisotopic (exact) mass is 262 g/mol. The second kappa shape index (κ2) is 4.46. The first kappa shape index (κ1) is 11.8. The molecule has 1 aliphatic heterocycles. The van der Waals surface area contributed by atoms with E-state index in [1.165, 1.54) is 0 Å². The Hall–Kier alpha value is -1.24. The van der Waals surface area contributed by atoms with Gasteiger partial charge in [0.1, 0.15) is 6.07 Å². The van der Waals surface area contributed by atoms with E-state index in [-0.39, 0.29) is 6.10 Å². The number of hydrogen-bond acceptors (Lipinski definition) is 3. The summed E-state index contributed by atoms with van der Waals surface area (Å²) in [5.41, 5.74) is 1.46. The van der Waals surface area contributed by atoms with Crippen molar-refractivity contribution in [1.29, 1.82) is 5.26 Å². The lowest BCUT2D eigenvalue weighted by Gasteiger charge is -2.22. The zero-order valence-corrected chi connectivity index (χ0v) is 10.8. The number of nitrogens with zero attached hydrogens (tertiary/aromatic N) is 2. The summed E-state index contributed by atoms with van der Waals surface area (Å²) in [5.74, 6) is 0.918. The highest BCUT2D eigenvalue weighted by Gasteiger charge is 2.42. The number of anilines is 1. The third kappa shape index (κ3) is 1.77. The van der Waals surface area contributed by atoms with Gasteiger partial charge in [-0.1, -0.05) is 17.7 Å². The minimum absolute atomic E-state index is 0.176. The molecule has 2 fully saturated rings. The van der Waals surface area contributed by atoms with Crippen LogP contribution < -0.4 is 4.90 Å². The van der Waals surface area contributed by atoms with Gasteiger partial charge in [-0.05, 0) is 30.9 Å². The van der Waals surface area contributed by atoms with Crippen LogP contribution in [0.3, 0.4) is 0 Å². The van der Waals surface area contributed by atoms with Gasteiger partial charge >= 0.3 is 0 Å². The molecular formula is C14H15ClN2O. The van der Waals surface area contributed by atoms with Crippen LogP contribution in [0.1, 0.15) is 18.4 Å². The van der Waals surface area contributed by atoms with Crippen LogP contribution in [0, 0.1) is 23.2 Å². The van der Waals surface area contributed by atoms with Gasteiger partial charge in [0, 0.05) is 19.0 Å². The third-order valence-corrected chi connectivity index (χ3v) is 4.58. The highest BCUT2D eigenvalue weighted by Crippen LogP contribution is 2.41. The largest absolute Gasteiger partial charge is 0.393 e. The van der Waals surface area contributed by atoms with Crippen LogP contribution in [-0.2, 0) is 0 Å². The number of halogens is 1. The average Bonchev–Trinajstić information content (AvgIpc) is 2.92. The summed E-state index contributed by atoms with van der Waals surface area (Å²) in [6.07, 6.45) is 1.83. The first-order chi connectivity index (χ1) is 8.70. The molecule has 1 saturated heterocycles. The Morgan fingerprint density at radius 3 is 2.89 bits per heavy atom. The fourth-order valence-electron chi connectivity index (χ4n) is 3.32. The van der Waals surface area contributed by atoms with Gasteiger partial charge in [-0.15, -0.1) is 0 Å². The number of benzene rings is 1. The molecule has 1 heterocycles. The van der Waals surface area contributed by atoms with Gasteiger partial charge < -0.3 is 10.0 Å². The summed E-state index contributed by atoms with van der Waals surface area (Å²) < 4.78 is 0. The van der Waals surface area contributed by atoms with Crippen molar-refractivity contribution in [3.63, 3.8) is 0 Å². The van der Waals surface area contributed by atoms with Crippen LogP contribution in [0.4, 0.5) is 5.69 Å². The Morgan fingerprint density at radius 1 is 1.33 bits per heavy atom. The number of aliphatic hydroxyl groups is 1. The second-order valence-electron chi connectivity index (χ2n) is 5.22. The summed E-state index contributed by atoms with van der Waals surface area (Å²) >= 11 is 6.06. The number of nitriles is 1. The summed E-state index contributed by atoms with van der Waals surface area (Å²) in [6.45, 7) is 1.76. The number of hydrogen-bond donors (Lipinski definition) is 1. The van der Waals surface area contributed by atoms with Gasteiger partial charge in [0.2, 0.25) is 0 Å². The lowest BCUT2D eigenvalue weighted by atomic mass is 10.00. The molecule has 3 nitrogen and oxygen atoms in total. The second-order valence-corrected chi connectivity index (χ2v) is 5.63. The van der Waals surface area contributed by atoms with E-state index in [9.17, 15) is 10.4 Å². The van der Waals surface area contributed by atoms with Crippen molar-refractivity contribution in [3.05, 3.63) is 28.8 Å². The predicted molar refractivity (Wildman–Crippen MR) is 70.6 cm³/mol. The molecule has 94 valence electrons. The van der Waals surface area contributed by atoms with Crippen LogP contribution >= 0.6 is 11.6 Å². The minimum atomic E-state index is -0.176. The molecule has 4 heteroatoms. The van der Waals surface area contributed by atoms with Gasteiger partial charge in [-0.25, -0.2) is 0 Å². The normalized spacial score (nSPS) is 30.3. The summed E-state index contributed by atoms with van der Waals surface area (Å²) in [7, 11) is 0. The predicted octanol–water partition coefficient (Wildman–Crippen LogP) is 2.42. The van der Waals surface area contributed by atoms with E-state index >= 15 is 0 Å². The van der Waals surface area contributed by atoms with E-state index in [0.717, 1.165) is 31.6 Å². The lowest BCUT2D eigenvalue weighted by Crippen LogP contribution is -2.25. The van der Waals surface area contributed by atoms with E-state index in [2.05, 4.69) is 11.0 Å². The SMILES string of the molecule is N#Cc1c(Cl)cccc1N1CC2CCC(O)C2C1. The Bertz CT molecular complexity index is 511. The fraction of sp³-hybridized carbons (Fsp3) is 0.500. The van der Waals surface area contributed by atoms with E-state index in [1.54, 1.807) is 6.07 Å². The molecule has 3 atom stereocenters. The molecule has 1 aromatic carbocycles. The van der Waals surface area contributed by atoms with Gasteiger partial charge in [0.05, 0.1) is 22.4 Å². The zero-order valence-electron chi connectivity index (χ0n) is 10.0. The fourth-order valence-corrected chi connectivity index (χ4v) is 3.53. The minimum Gasteiger partial charge on any atom is -0.393 e. The van der Waals surface area contributed by atoms with Crippen molar-refractivity contribution < 1.29 is 5.11 Å². The summed E-state index contributed by atoms with van der Waals surface area (Å²) in [4.78, 5) is 2.20. The standard InChI is InChI=1S/C14H15ClN2O/c15-12-2-1-3-13(10(12)6-16)17-7-9-4-5-14(18)11(9)8-17/h1-3,9,11,14,18H,4-5,7-8H2. The molecule has 1 aliphatic carbocycles. The summed E-state index contributed by atoms with van der Waals surface area (Å²) in [6, 6.07) is 7.75. The maximum atomic E-state index is 9.93. The first-order valence-electron chi connectivity index (χ1n) is 6.32. The van der Waals surface area contributed by atoms with Crippen LogP contribution in [0.15, 0.2) is 18.2 Å². The Morgan fingerprint density at radius 2 is 2.17 bits per heavy atom. The van der Waals surface area contributed by atoms with Crippen molar-refractivity contribution in [2.45, 2.75) is 18.9 Å². The van der Waals surface area contributed by atoms with Crippen molar-refractivity contribution in [1.82, 2.24) is 0 Å². The van der Waals surface area contributed by atoms with Crippen LogP contribution in [-0.4, -0.2) is 24.3 Å². The van der Waals surface area contributed by atoms with Crippen LogP contribution in [0.5, 0.6) is 0 Å². The quantitative estimate of drug-likeness (QED) is 0.846. The average molecular weight is 263 g/mol. The summed E-state index contributed by atoms with van der Waals surface area (Å²) in [5, 5.41) is 19.6. The van der Waals surface area contributed by atoms with Gasteiger partial charge in [-0.3, -0.25) is 0 Å². The Labute approximate surface area is 112 Å². The molecule has 0 spiro atoms. The van der Waals surface area contributed by atoms with E-state index in [0.29, 0.717) is 22.4 Å². The maximum Gasteiger partial charge on any atom is 0.103 e. The zero-order chi connectivity index (χ0) is 12.7. The molecule has 0 amide bonds. The van der Waals surface area contributed by atoms with Gasteiger partial charge in [0.25, 0.3) is 0 Å². The van der Waals surface area contributed by atoms with Gasteiger partial charge in [0.15, 0.2) is 0 Å². The topological polar surface area (TPSA) is 47.3 Å². The molecule has 3 unspecified atom stereocenters. The van der Waals surface area contributed by atoms with E-state index in [4.69, 9.17) is 11.6 Å².